The van der Waals surface area contributed by atoms with Crippen molar-refractivity contribution >= 4 is 16.9 Å². The molecule has 0 saturated heterocycles. The third kappa shape index (κ3) is 2.50. The highest BCUT2D eigenvalue weighted by Gasteiger charge is 2.36. The second-order valence-corrected chi connectivity index (χ2v) is 4.82. The number of H-pyrrole nitrogens is 1. The van der Waals surface area contributed by atoms with Crippen molar-refractivity contribution in [3.63, 3.8) is 0 Å². The van der Waals surface area contributed by atoms with Crippen molar-refractivity contribution in [2.45, 2.75) is 32.9 Å². The Balaban J connectivity index is 2.71. The summed E-state index contributed by atoms with van der Waals surface area (Å²) in [5.41, 5.74) is 1.04. The van der Waals surface area contributed by atoms with Gasteiger partial charge in [0, 0.05) is 17.3 Å². The van der Waals surface area contributed by atoms with Crippen LogP contribution in [0.4, 0.5) is 13.2 Å². The van der Waals surface area contributed by atoms with Gasteiger partial charge in [0.25, 0.3) is 0 Å². The van der Waals surface area contributed by atoms with E-state index in [0.29, 0.717) is 22.0 Å². The monoisotopic (exact) mass is 285 g/mol. The van der Waals surface area contributed by atoms with Gasteiger partial charge in [0.1, 0.15) is 5.69 Å². The molecule has 1 heterocycles. The van der Waals surface area contributed by atoms with Crippen molar-refractivity contribution in [2.75, 3.05) is 0 Å². The number of carboxylic acid groups (broad SMARTS) is 1. The van der Waals surface area contributed by atoms with Crippen molar-refractivity contribution in [3.05, 3.63) is 34.5 Å². The van der Waals surface area contributed by atoms with Crippen molar-refractivity contribution < 1.29 is 23.1 Å². The van der Waals surface area contributed by atoms with Crippen LogP contribution in [0.3, 0.4) is 0 Å². The SMILES string of the molecule is Cc1ccc(C)c2c(CCC(=O)O)c(C(F)(F)F)[nH]c12. The summed E-state index contributed by atoms with van der Waals surface area (Å²) in [5.74, 6) is -1.11. The van der Waals surface area contributed by atoms with Crippen LogP contribution >= 0.6 is 0 Å². The number of hydrogen-bond acceptors (Lipinski definition) is 1. The van der Waals surface area contributed by atoms with E-state index in [9.17, 15) is 18.0 Å². The van der Waals surface area contributed by atoms with E-state index in [2.05, 4.69) is 4.98 Å². The minimum absolute atomic E-state index is 0.0381. The average molecular weight is 285 g/mol. The first-order valence-electron chi connectivity index (χ1n) is 6.11. The Morgan fingerprint density at radius 3 is 2.40 bits per heavy atom. The Morgan fingerprint density at radius 2 is 1.85 bits per heavy atom. The highest BCUT2D eigenvalue weighted by atomic mass is 19.4. The summed E-state index contributed by atoms with van der Waals surface area (Å²) in [6.45, 7) is 3.44. The van der Waals surface area contributed by atoms with Crippen molar-refractivity contribution in [1.82, 2.24) is 4.98 Å². The molecule has 0 atom stereocenters. The maximum atomic E-state index is 13.1. The number of carboxylic acids is 1. The molecule has 0 unspecified atom stereocenters. The molecule has 2 N–H and O–H groups in total. The fourth-order valence-corrected chi connectivity index (χ4v) is 2.41. The quantitative estimate of drug-likeness (QED) is 0.900. The first-order chi connectivity index (χ1) is 9.21. The van der Waals surface area contributed by atoms with Crippen LogP contribution in [0.2, 0.25) is 0 Å². The molecule has 0 saturated carbocycles. The molecule has 0 fully saturated rings. The first kappa shape index (κ1) is 14.4. The lowest BCUT2D eigenvalue weighted by atomic mass is 9.99. The molecule has 0 amide bonds. The number of hydrogen-bond donors (Lipinski definition) is 2. The van der Waals surface area contributed by atoms with E-state index >= 15 is 0 Å². The number of rotatable bonds is 3. The predicted molar refractivity (Wildman–Crippen MR) is 68.7 cm³/mol. The minimum atomic E-state index is -4.52. The molecule has 1 aromatic heterocycles. The normalized spacial score (nSPS) is 12.1. The highest BCUT2D eigenvalue weighted by Crippen LogP contribution is 2.38. The molecular weight excluding hydrogens is 271 g/mol. The zero-order chi connectivity index (χ0) is 15.1. The van der Waals surface area contributed by atoms with Gasteiger partial charge in [0.2, 0.25) is 0 Å². The zero-order valence-electron chi connectivity index (χ0n) is 11.1. The van der Waals surface area contributed by atoms with Gasteiger partial charge in [-0.15, -0.1) is 0 Å². The van der Waals surface area contributed by atoms with Gasteiger partial charge < -0.3 is 10.1 Å². The summed E-state index contributed by atoms with van der Waals surface area (Å²) in [4.78, 5) is 13.1. The van der Waals surface area contributed by atoms with Crippen LogP contribution < -0.4 is 0 Å². The Kier molecular flexibility index (Phi) is 3.50. The molecule has 6 heteroatoms. The van der Waals surface area contributed by atoms with Gasteiger partial charge >= 0.3 is 12.1 Å². The molecule has 3 nitrogen and oxygen atoms in total. The lowest BCUT2D eigenvalue weighted by Crippen LogP contribution is -2.10. The van der Waals surface area contributed by atoms with Crippen LogP contribution in [-0.4, -0.2) is 16.1 Å². The number of aliphatic carboxylic acids is 1. The maximum absolute atomic E-state index is 13.1. The number of alkyl halides is 3. The standard InChI is InChI=1S/C14H14F3NO2/c1-7-3-4-8(2)12-11(7)9(5-6-10(19)20)13(18-12)14(15,16)17/h3-4,18H,5-6H2,1-2H3,(H,19,20). The van der Waals surface area contributed by atoms with E-state index in [-0.39, 0.29) is 18.4 Å². The largest absolute Gasteiger partial charge is 0.481 e. The van der Waals surface area contributed by atoms with Crippen molar-refractivity contribution in [3.8, 4) is 0 Å². The van der Waals surface area contributed by atoms with Gasteiger partial charge in [-0.05, 0) is 37.0 Å². The van der Waals surface area contributed by atoms with Gasteiger partial charge in [0.15, 0.2) is 0 Å². The Labute approximate surface area is 113 Å². The number of aromatic nitrogens is 1. The summed E-state index contributed by atoms with van der Waals surface area (Å²) in [5, 5.41) is 9.20. The smallest absolute Gasteiger partial charge is 0.431 e. The van der Waals surface area contributed by atoms with Gasteiger partial charge in [-0.1, -0.05) is 12.1 Å². The minimum Gasteiger partial charge on any atom is -0.481 e. The van der Waals surface area contributed by atoms with Gasteiger partial charge in [-0.2, -0.15) is 13.2 Å². The Hall–Kier alpha value is -1.98. The molecule has 0 bridgehead atoms. The molecule has 0 aliphatic heterocycles. The van der Waals surface area contributed by atoms with Crippen molar-refractivity contribution in [1.29, 1.82) is 0 Å². The maximum Gasteiger partial charge on any atom is 0.431 e. The fraction of sp³-hybridized carbons (Fsp3) is 0.357. The Morgan fingerprint density at radius 1 is 1.25 bits per heavy atom. The van der Waals surface area contributed by atoms with Crippen LogP contribution in [0.15, 0.2) is 12.1 Å². The number of benzene rings is 1. The average Bonchev–Trinajstić information content (AvgIpc) is 2.71. The molecular formula is C14H14F3NO2. The van der Waals surface area contributed by atoms with Crippen LogP contribution in [-0.2, 0) is 17.4 Å². The lowest BCUT2D eigenvalue weighted by molar-refractivity contribution is -0.142. The Bertz CT molecular complexity index is 671. The number of fused-ring (bicyclic) bond motifs is 1. The molecule has 0 radical (unpaired) electrons. The number of aromatic amines is 1. The van der Waals surface area contributed by atoms with Crippen molar-refractivity contribution in [2.24, 2.45) is 0 Å². The molecule has 0 aliphatic rings. The topological polar surface area (TPSA) is 53.1 Å². The van der Waals surface area contributed by atoms with Crippen LogP contribution in [0.1, 0.15) is 28.8 Å². The molecule has 20 heavy (non-hydrogen) atoms. The highest BCUT2D eigenvalue weighted by molar-refractivity contribution is 5.90. The summed E-state index contributed by atoms with van der Waals surface area (Å²) in [6.07, 6.45) is -5.00. The molecule has 1 aromatic carbocycles. The third-order valence-electron chi connectivity index (χ3n) is 3.35. The number of aryl methyl sites for hydroxylation is 3. The van der Waals surface area contributed by atoms with Gasteiger partial charge in [-0.3, -0.25) is 4.79 Å². The molecule has 0 aliphatic carbocycles. The summed E-state index contributed by atoms with van der Waals surface area (Å²) in [6, 6.07) is 3.49. The predicted octanol–water partition coefficient (Wildman–Crippen LogP) is 3.82. The van der Waals surface area contributed by atoms with Gasteiger partial charge in [-0.25, -0.2) is 0 Å². The van der Waals surface area contributed by atoms with Crippen LogP contribution in [0.25, 0.3) is 10.9 Å². The summed E-state index contributed by atoms with van der Waals surface area (Å²) < 4.78 is 39.3. The lowest BCUT2D eigenvalue weighted by Gasteiger charge is -2.08. The number of carbonyl (C=O) groups is 1. The second-order valence-electron chi connectivity index (χ2n) is 4.82. The first-order valence-corrected chi connectivity index (χ1v) is 6.11. The van der Waals surface area contributed by atoms with Crippen LogP contribution in [0, 0.1) is 13.8 Å². The van der Waals surface area contributed by atoms with Gasteiger partial charge in [0.05, 0.1) is 0 Å². The third-order valence-corrected chi connectivity index (χ3v) is 3.35. The zero-order valence-corrected chi connectivity index (χ0v) is 11.1. The summed E-state index contributed by atoms with van der Waals surface area (Å²) in [7, 11) is 0. The molecule has 0 spiro atoms. The molecule has 108 valence electrons. The van der Waals surface area contributed by atoms with E-state index < -0.39 is 17.8 Å². The number of halogens is 3. The molecule has 2 aromatic rings. The van der Waals surface area contributed by atoms with E-state index in [1.54, 1.807) is 26.0 Å². The molecule has 2 rings (SSSR count). The second kappa shape index (κ2) is 4.85. The number of nitrogens with one attached hydrogen (secondary N) is 1. The van der Waals surface area contributed by atoms with E-state index in [1.807, 2.05) is 0 Å². The van der Waals surface area contributed by atoms with E-state index in [4.69, 9.17) is 5.11 Å². The van der Waals surface area contributed by atoms with E-state index in [1.165, 1.54) is 0 Å². The fourth-order valence-electron chi connectivity index (χ4n) is 2.41. The van der Waals surface area contributed by atoms with Crippen LogP contribution in [0.5, 0.6) is 0 Å². The van der Waals surface area contributed by atoms with E-state index in [0.717, 1.165) is 0 Å². The summed E-state index contributed by atoms with van der Waals surface area (Å²) >= 11 is 0.